The number of urea groups is 1. The van der Waals surface area contributed by atoms with E-state index < -0.39 is 6.03 Å². The third kappa shape index (κ3) is 5.99. The van der Waals surface area contributed by atoms with Gasteiger partial charge in [-0.3, -0.25) is 10.1 Å². The molecule has 7 nitrogen and oxygen atoms in total. The molecule has 0 saturated heterocycles. The summed E-state index contributed by atoms with van der Waals surface area (Å²) in [6.07, 6.45) is 0. The summed E-state index contributed by atoms with van der Waals surface area (Å²) in [5, 5.41) is 5.08. The fraction of sp³-hybridized carbons (Fsp3) is 0.333. The van der Waals surface area contributed by atoms with Gasteiger partial charge in [-0.15, -0.1) is 0 Å². The fourth-order valence-electron chi connectivity index (χ4n) is 2.95. The maximum absolute atomic E-state index is 12.2. The Morgan fingerprint density at radius 1 is 1.00 bits per heavy atom. The van der Waals surface area contributed by atoms with Crippen LogP contribution in [0, 0.1) is 13.8 Å². The van der Waals surface area contributed by atoms with E-state index in [-0.39, 0.29) is 12.5 Å². The largest absolute Gasteiger partial charge is 0.493 e. The SMILES string of the molecule is COc1ccc(C[NH+](C)CC(=O)NC(=O)Nc2ccc(C)cc2C)cc1OC. The van der Waals surface area contributed by atoms with E-state index in [4.69, 9.17) is 9.47 Å². The van der Waals surface area contributed by atoms with Crippen LogP contribution in [0.3, 0.4) is 0 Å². The highest BCUT2D eigenvalue weighted by Crippen LogP contribution is 2.27. The van der Waals surface area contributed by atoms with Gasteiger partial charge in [0.2, 0.25) is 0 Å². The number of methoxy groups -OCH3 is 2. The third-order valence-electron chi connectivity index (χ3n) is 4.30. The number of carbonyl (C=O) groups excluding carboxylic acids is 2. The number of amides is 3. The molecule has 0 heterocycles. The standard InChI is InChI=1S/C21H27N3O4/c1-14-6-8-17(15(2)10-14)22-21(26)23-20(25)13-24(3)12-16-7-9-18(27-4)19(11-16)28-5/h6-11H,12-13H2,1-5H3,(H2,22,23,25,26)/p+1. The normalized spacial score (nSPS) is 11.5. The van der Waals surface area contributed by atoms with E-state index in [0.717, 1.165) is 21.6 Å². The number of imide groups is 1. The molecule has 1 atom stereocenters. The predicted molar refractivity (Wildman–Crippen MR) is 108 cm³/mol. The second-order valence-electron chi connectivity index (χ2n) is 6.82. The first kappa shape index (κ1) is 21.2. The molecule has 2 aromatic carbocycles. The molecule has 150 valence electrons. The van der Waals surface area contributed by atoms with Gasteiger partial charge >= 0.3 is 6.03 Å². The zero-order valence-electron chi connectivity index (χ0n) is 17.0. The number of benzene rings is 2. The number of hydrogen-bond donors (Lipinski definition) is 3. The molecular weight excluding hydrogens is 358 g/mol. The van der Waals surface area contributed by atoms with Crippen LogP contribution in [-0.4, -0.2) is 39.8 Å². The van der Waals surface area contributed by atoms with Crippen molar-refractivity contribution in [2.75, 3.05) is 33.1 Å². The van der Waals surface area contributed by atoms with Crippen LogP contribution in [0.4, 0.5) is 10.5 Å². The minimum Gasteiger partial charge on any atom is -0.493 e. The molecule has 2 rings (SSSR count). The first-order chi connectivity index (χ1) is 13.3. The lowest BCUT2D eigenvalue weighted by molar-refractivity contribution is -0.885. The summed E-state index contributed by atoms with van der Waals surface area (Å²) in [7, 11) is 5.06. The number of rotatable bonds is 7. The monoisotopic (exact) mass is 386 g/mol. The number of carbonyl (C=O) groups is 2. The molecule has 3 amide bonds. The molecular formula is C21H28N3O4+. The molecule has 2 aromatic rings. The molecule has 0 saturated carbocycles. The Hall–Kier alpha value is -3.06. The topological polar surface area (TPSA) is 81.1 Å². The zero-order valence-corrected chi connectivity index (χ0v) is 17.0. The molecule has 7 heteroatoms. The summed E-state index contributed by atoms with van der Waals surface area (Å²) < 4.78 is 10.5. The van der Waals surface area contributed by atoms with Gasteiger partial charge in [0.25, 0.3) is 5.91 Å². The van der Waals surface area contributed by atoms with Gasteiger partial charge in [-0.1, -0.05) is 17.7 Å². The molecule has 0 fully saturated rings. The van der Waals surface area contributed by atoms with Crippen molar-refractivity contribution in [3.63, 3.8) is 0 Å². The Kier molecular flexibility index (Phi) is 7.40. The lowest BCUT2D eigenvalue weighted by atomic mass is 10.1. The molecule has 0 aliphatic heterocycles. The number of nitrogens with one attached hydrogen (secondary N) is 3. The summed E-state index contributed by atoms with van der Waals surface area (Å²) in [5.74, 6) is 0.954. The van der Waals surface area contributed by atoms with Crippen molar-refractivity contribution in [3.8, 4) is 11.5 Å². The van der Waals surface area contributed by atoms with Crippen LogP contribution >= 0.6 is 0 Å². The Morgan fingerprint density at radius 3 is 2.36 bits per heavy atom. The lowest BCUT2D eigenvalue weighted by Crippen LogP contribution is -3.09. The van der Waals surface area contributed by atoms with E-state index in [9.17, 15) is 9.59 Å². The highest BCUT2D eigenvalue weighted by atomic mass is 16.5. The van der Waals surface area contributed by atoms with E-state index in [2.05, 4.69) is 10.6 Å². The molecule has 0 bridgehead atoms. The molecule has 0 radical (unpaired) electrons. The summed E-state index contributed by atoms with van der Waals surface area (Å²) in [6.45, 7) is 4.66. The Labute approximate surface area is 165 Å². The van der Waals surface area contributed by atoms with E-state index >= 15 is 0 Å². The minimum absolute atomic E-state index is 0.161. The second kappa shape index (κ2) is 9.75. The summed E-state index contributed by atoms with van der Waals surface area (Å²) in [5.41, 5.74) is 3.74. The third-order valence-corrected chi connectivity index (χ3v) is 4.30. The van der Waals surface area contributed by atoms with E-state index in [0.29, 0.717) is 23.7 Å². The minimum atomic E-state index is -0.532. The second-order valence-corrected chi connectivity index (χ2v) is 6.82. The van der Waals surface area contributed by atoms with Crippen LogP contribution in [0.25, 0.3) is 0 Å². The van der Waals surface area contributed by atoms with Crippen LogP contribution < -0.4 is 25.0 Å². The molecule has 0 aliphatic rings. The molecule has 0 spiro atoms. The van der Waals surface area contributed by atoms with Gasteiger partial charge in [0.1, 0.15) is 6.54 Å². The maximum Gasteiger partial charge on any atom is 0.326 e. The van der Waals surface area contributed by atoms with E-state index in [1.54, 1.807) is 14.2 Å². The Bertz CT molecular complexity index is 852. The average Bonchev–Trinajstić information content (AvgIpc) is 2.63. The molecule has 0 aliphatic carbocycles. The van der Waals surface area contributed by atoms with Gasteiger partial charge in [-0.2, -0.15) is 0 Å². The number of aryl methyl sites for hydroxylation is 2. The van der Waals surface area contributed by atoms with Crippen molar-refractivity contribution >= 4 is 17.6 Å². The maximum atomic E-state index is 12.2. The lowest BCUT2D eigenvalue weighted by Gasteiger charge is -2.15. The van der Waals surface area contributed by atoms with Gasteiger partial charge < -0.3 is 19.7 Å². The van der Waals surface area contributed by atoms with Gasteiger partial charge in [0.15, 0.2) is 18.0 Å². The van der Waals surface area contributed by atoms with Gasteiger partial charge in [-0.25, -0.2) is 4.79 Å². The van der Waals surface area contributed by atoms with Crippen molar-refractivity contribution in [3.05, 3.63) is 53.1 Å². The van der Waals surface area contributed by atoms with Crippen LogP contribution in [-0.2, 0) is 11.3 Å². The number of hydrogen-bond acceptors (Lipinski definition) is 4. The number of likely N-dealkylation sites (N-methyl/N-ethyl adjacent to an activating group) is 1. The van der Waals surface area contributed by atoms with Gasteiger partial charge in [-0.05, 0) is 43.7 Å². The van der Waals surface area contributed by atoms with E-state index in [1.807, 2.05) is 57.3 Å². The Morgan fingerprint density at radius 2 is 1.71 bits per heavy atom. The van der Waals surface area contributed by atoms with Crippen molar-refractivity contribution in [1.82, 2.24) is 5.32 Å². The smallest absolute Gasteiger partial charge is 0.326 e. The molecule has 28 heavy (non-hydrogen) atoms. The van der Waals surface area contributed by atoms with Gasteiger partial charge in [0.05, 0.1) is 21.3 Å². The molecule has 3 N–H and O–H groups in total. The van der Waals surface area contributed by atoms with Crippen molar-refractivity contribution in [1.29, 1.82) is 0 Å². The first-order valence-corrected chi connectivity index (χ1v) is 9.02. The Balaban J connectivity index is 1.87. The average molecular weight is 386 g/mol. The van der Waals surface area contributed by atoms with Crippen LogP contribution in [0.2, 0.25) is 0 Å². The van der Waals surface area contributed by atoms with Crippen molar-refractivity contribution in [2.24, 2.45) is 0 Å². The summed E-state index contributed by atoms with van der Waals surface area (Å²) in [4.78, 5) is 25.2. The number of quaternary nitrogens is 1. The highest BCUT2D eigenvalue weighted by molar-refractivity contribution is 6.01. The van der Waals surface area contributed by atoms with Gasteiger partial charge in [0, 0.05) is 11.3 Å². The molecule has 0 aromatic heterocycles. The van der Waals surface area contributed by atoms with E-state index in [1.165, 1.54) is 0 Å². The molecule has 1 unspecified atom stereocenters. The first-order valence-electron chi connectivity index (χ1n) is 9.02. The van der Waals surface area contributed by atoms with Crippen LogP contribution in [0.1, 0.15) is 16.7 Å². The number of anilines is 1. The fourth-order valence-corrected chi connectivity index (χ4v) is 2.95. The predicted octanol–water partition coefficient (Wildman–Crippen LogP) is 1.68. The van der Waals surface area contributed by atoms with Crippen molar-refractivity contribution < 1.29 is 24.0 Å². The number of ether oxygens (including phenoxy) is 2. The summed E-state index contributed by atoms with van der Waals surface area (Å²) in [6, 6.07) is 10.8. The quantitative estimate of drug-likeness (QED) is 0.676. The van der Waals surface area contributed by atoms with Crippen LogP contribution in [0.5, 0.6) is 11.5 Å². The zero-order chi connectivity index (χ0) is 20.7. The van der Waals surface area contributed by atoms with Crippen LogP contribution in [0.15, 0.2) is 36.4 Å². The van der Waals surface area contributed by atoms with Crippen molar-refractivity contribution in [2.45, 2.75) is 20.4 Å². The summed E-state index contributed by atoms with van der Waals surface area (Å²) >= 11 is 0. The highest BCUT2D eigenvalue weighted by Gasteiger charge is 2.15.